The summed E-state index contributed by atoms with van der Waals surface area (Å²) in [5.74, 6) is 0. The Morgan fingerprint density at radius 1 is 1.33 bits per heavy atom. The zero-order valence-electron chi connectivity index (χ0n) is 7.61. The number of hydrogen-bond acceptors (Lipinski definition) is 2. The Hall–Kier alpha value is 0.650. The number of piperidine rings is 1. The van der Waals surface area contributed by atoms with E-state index in [-0.39, 0.29) is 0 Å². The van der Waals surface area contributed by atoms with Gasteiger partial charge in [0.15, 0.2) is 0 Å². The van der Waals surface area contributed by atoms with Crippen molar-refractivity contribution in [2.24, 2.45) is 5.73 Å². The minimum atomic E-state index is 0.397. The molecule has 3 N–H and O–H groups in total. The van der Waals surface area contributed by atoms with Gasteiger partial charge in [0.05, 0.1) is 0 Å². The van der Waals surface area contributed by atoms with Crippen LogP contribution >= 0.6 is 22.6 Å². The molecule has 0 saturated carbocycles. The third-order valence-electron chi connectivity index (χ3n) is 2.78. The zero-order chi connectivity index (χ0) is 8.86. The lowest BCUT2D eigenvalue weighted by atomic mass is 9.83. The van der Waals surface area contributed by atoms with E-state index in [9.17, 15) is 0 Å². The predicted molar refractivity (Wildman–Crippen MR) is 61.8 cm³/mol. The SMILES string of the molecule is NCCC1(CCI)CCCCN1. The summed E-state index contributed by atoms with van der Waals surface area (Å²) in [7, 11) is 0. The van der Waals surface area contributed by atoms with Crippen molar-refractivity contribution < 1.29 is 0 Å². The number of alkyl halides is 1. The first kappa shape index (κ1) is 10.7. The summed E-state index contributed by atoms with van der Waals surface area (Å²) in [6, 6.07) is 0. The Kier molecular flexibility index (Phi) is 4.82. The van der Waals surface area contributed by atoms with Crippen LogP contribution in [0.15, 0.2) is 0 Å². The molecule has 72 valence electrons. The first-order valence-corrected chi connectivity index (χ1v) is 6.37. The molecule has 1 saturated heterocycles. The van der Waals surface area contributed by atoms with E-state index >= 15 is 0 Å². The summed E-state index contributed by atoms with van der Waals surface area (Å²) in [4.78, 5) is 0. The minimum Gasteiger partial charge on any atom is -0.330 e. The minimum absolute atomic E-state index is 0.397. The fraction of sp³-hybridized carbons (Fsp3) is 1.00. The Labute approximate surface area is 88.8 Å². The molecule has 1 aliphatic heterocycles. The largest absolute Gasteiger partial charge is 0.330 e. The molecule has 0 spiro atoms. The Bertz CT molecular complexity index is 106. The molecule has 0 amide bonds. The highest BCUT2D eigenvalue weighted by atomic mass is 127. The van der Waals surface area contributed by atoms with Crippen LogP contribution in [0, 0.1) is 0 Å². The maximum atomic E-state index is 5.63. The van der Waals surface area contributed by atoms with Gasteiger partial charge in [-0.3, -0.25) is 0 Å². The smallest absolute Gasteiger partial charge is 0.0200 e. The molecule has 0 aliphatic carbocycles. The molecule has 1 fully saturated rings. The van der Waals surface area contributed by atoms with E-state index in [4.69, 9.17) is 5.73 Å². The van der Waals surface area contributed by atoms with Crippen molar-refractivity contribution in [3.05, 3.63) is 0 Å². The molecule has 0 bridgehead atoms. The second-order valence-corrected chi connectivity index (χ2v) is 4.72. The van der Waals surface area contributed by atoms with E-state index in [1.54, 1.807) is 0 Å². The molecule has 3 heteroatoms. The fourth-order valence-corrected chi connectivity index (χ4v) is 3.07. The molecule has 1 unspecified atom stereocenters. The van der Waals surface area contributed by atoms with Gasteiger partial charge in [0.1, 0.15) is 0 Å². The molecule has 1 rings (SSSR count). The van der Waals surface area contributed by atoms with Gasteiger partial charge >= 0.3 is 0 Å². The first-order valence-electron chi connectivity index (χ1n) is 4.84. The van der Waals surface area contributed by atoms with Gasteiger partial charge in [0.25, 0.3) is 0 Å². The van der Waals surface area contributed by atoms with Crippen LogP contribution in [-0.4, -0.2) is 23.1 Å². The van der Waals surface area contributed by atoms with E-state index in [2.05, 4.69) is 27.9 Å². The predicted octanol–water partition coefficient (Wildman–Crippen LogP) is 1.67. The quantitative estimate of drug-likeness (QED) is 0.608. The van der Waals surface area contributed by atoms with Crippen LogP contribution in [0.4, 0.5) is 0 Å². The average molecular weight is 282 g/mol. The summed E-state index contributed by atoms with van der Waals surface area (Å²) in [6.07, 6.45) is 6.48. The molecule has 0 aromatic rings. The topological polar surface area (TPSA) is 38.0 Å². The van der Waals surface area contributed by atoms with Gasteiger partial charge in [-0.1, -0.05) is 29.0 Å². The number of halogens is 1. The molecule has 1 heterocycles. The summed E-state index contributed by atoms with van der Waals surface area (Å²) >= 11 is 2.46. The lowest BCUT2D eigenvalue weighted by Crippen LogP contribution is -2.50. The van der Waals surface area contributed by atoms with Crippen LogP contribution in [0.5, 0.6) is 0 Å². The fourth-order valence-electron chi connectivity index (χ4n) is 2.04. The van der Waals surface area contributed by atoms with Crippen LogP contribution in [0.25, 0.3) is 0 Å². The average Bonchev–Trinajstić information content (AvgIpc) is 2.07. The van der Waals surface area contributed by atoms with Gasteiger partial charge < -0.3 is 11.1 Å². The van der Waals surface area contributed by atoms with E-state index < -0.39 is 0 Å². The monoisotopic (exact) mass is 282 g/mol. The van der Waals surface area contributed by atoms with Crippen molar-refractivity contribution in [1.29, 1.82) is 0 Å². The van der Waals surface area contributed by atoms with Crippen LogP contribution in [0.1, 0.15) is 32.1 Å². The summed E-state index contributed by atoms with van der Waals surface area (Å²) in [5, 5.41) is 3.65. The van der Waals surface area contributed by atoms with Crippen molar-refractivity contribution in [2.75, 3.05) is 17.5 Å². The highest BCUT2D eigenvalue weighted by Gasteiger charge is 2.29. The van der Waals surface area contributed by atoms with Crippen LogP contribution in [-0.2, 0) is 0 Å². The van der Waals surface area contributed by atoms with Gasteiger partial charge in [-0.15, -0.1) is 0 Å². The standard InChI is InChI=1S/C9H19IN2/c10-6-4-9(5-7-11)3-1-2-8-12-9/h12H,1-8,11H2. The molecular formula is C9H19IN2. The second-order valence-electron chi connectivity index (χ2n) is 3.64. The van der Waals surface area contributed by atoms with Crippen LogP contribution in [0.2, 0.25) is 0 Å². The van der Waals surface area contributed by atoms with Crippen molar-refractivity contribution >= 4 is 22.6 Å². The molecule has 1 aliphatic rings. The normalized spacial score (nSPS) is 30.5. The first-order chi connectivity index (χ1) is 5.83. The second kappa shape index (κ2) is 5.40. The van der Waals surface area contributed by atoms with Crippen molar-refractivity contribution in [1.82, 2.24) is 5.32 Å². The van der Waals surface area contributed by atoms with Gasteiger partial charge in [0, 0.05) is 9.97 Å². The number of hydrogen-bond donors (Lipinski definition) is 2. The highest BCUT2D eigenvalue weighted by molar-refractivity contribution is 14.1. The van der Waals surface area contributed by atoms with E-state index in [0.29, 0.717) is 5.54 Å². The van der Waals surface area contributed by atoms with Gasteiger partial charge in [-0.2, -0.15) is 0 Å². The maximum absolute atomic E-state index is 5.63. The van der Waals surface area contributed by atoms with E-state index in [1.807, 2.05) is 0 Å². The summed E-state index contributed by atoms with van der Waals surface area (Å²) in [6.45, 7) is 2.01. The van der Waals surface area contributed by atoms with Crippen molar-refractivity contribution in [2.45, 2.75) is 37.6 Å². The molecule has 12 heavy (non-hydrogen) atoms. The Balaban J connectivity index is 2.44. The van der Waals surface area contributed by atoms with Gasteiger partial charge in [0.2, 0.25) is 0 Å². The molecule has 2 nitrogen and oxygen atoms in total. The molecule has 0 radical (unpaired) electrons. The Morgan fingerprint density at radius 2 is 2.17 bits per heavy atom. The van der Waals surface area contributed by atoms with Gasteiger partial charge in [-0.05, 0) is 38.8 Å². The summed E-state index contributed by atoms with van der Waals surface area (Å²) in [5.41, 5.74) is 6.03. The molecule has 0 aromatic heterocycles. The zero-order valence-corrected chi connectivity index (χ0v) is 9.77. The van der Waals surface area contributed by atoms with Gasteiger partial charge in [-0.25, -0.2) is 0 Å². The highest BCUT2D eigenvalue weighted by Crippen LogP contribution is 2.26. The summed E-state index contributed by atoms with van der Waals surface area (Å²) < 4.78 is 1.24. The number of nitrogens with two attached hydrogens (primary N) is 1. The van der Waals surface area contributed by atoms with Crippen molar-refractivity contribution in [3.8, 4) is 0 Å². The van der Waals surface area contributed by atoms with E-state index in [1.165, 1.54) is 36.7 Å². The lowest BCUT2D eigenvalue weighted by molar-refractivity contribution is 0.235. The van der Waals surface area contributed by atoms with Crippen LogP contribution < -0.4 is 11.1 Å². The van der Waals surface area contributed by atoms with E-state index in [0.717, 1.165) is 13.0 Å². The number of nitrogens with one attached hydrogen (secondary N) is 1. The third-order valence-corrected chi connectivity index (χ3v) is 3.32. The molecule has 0 aromatic carbocycles. The maximum Gasteiger partial charge on any atom is 0.0200 e. The lowest BCUT2D eigenvalue weighted by Gasteiger charge is -2.38. The van der Waals surface area contributed by atoms with Crippen molar-refractivity contribution in [3.63, 3.8) is 0 Å². The van der Waals surface area contributed by atoms with Crippen LogP contribution in [0.3, 0.4) is 0 Å². The molecule has 1 atom stereocenters. The third kappa shape index (κ3) is 2.85. The Morgan fingerprint density at radius 3 is 2.67 bits per heavy atom. The molecular weight excluding hydrogens is 263 g/mol. The number of rotatable bonds is 4.